The monoisotopic (exact) mass is 927 g/mol. The van der Waals surface area contributed by atoms with Gasteiger partial charge in [-0.1, -0.05) is 200 Å². The van der Waals surface area contributed by atoms with E-state index in [1.165, 1.54) is 44.9 Å². The van der Waals surface area contributed by atoms with E-state index in [0.717, 1.165) is 135 Å². The molecule has 0 aliphatic heterocycles. The van der Waals surface area contributed by atoms with E-state index in [-0.39, 0.29) is 31.1 Å². The molecule has 0 saturated heterocycles. The van der Waals surface area contributed by atoms with Crippen LogP contribution in [0.25, 0.3) is 0 Å². The Morgan fingerprint density at radius 3 is 1.01 bits per heavy atom. The third-order valence-corrected chi connectivity index (χ3v) is 10.9. The van der Waals surface area contributed by atoms with Gasteiger partial charge < -0.3 is 14.2 Å². The minimum atomic E-state index is -0.805. The van der Waals surface area contributed by atoms with E-state index in [0.29, 0.717) is 25.7 Å². The molecule has 0 spiro atoms. The summed E-state index contributed by atoms with van der Waals surface area (Å²) in [7, 11) is 0. The first kappa shape index (κ1) is 62.8. The van der Waals surface area contributed by atoms with E-state index in [4.69, 9.17) is 14.2 Å². The van der Waals surface area contributed by atoms with Crippen molar-refractivity contribution in [3.8, 4) is 0 Å². The molecule has 67 heavy (non-hydrogen) atoms. The lowest BCUT2D eigenvalue weighted by atomic mass is 10.1. The van der Waals surface area contributed by atoms with Crippen molar-refractivity contribution in [1.29, 1.82) is 0 Å². The molecule has 0 bridgehead atoms. The summed E-state index contributed by atoms with van der Waals surface area (Å²) in [6.07, 6.45) is 74.8. The molecule has 0 aromatic carbocycles. The lowest BCUT2D eigenvalue weighted by Crippen LogP contribution is -2.30. The number of hydrogen-bond acceptors (Lipinski definition) is 6. The van der Waals surface area contributed by atoms with Crippen LogP contribution in [0.3, 0.4) is 0 Å². The lowest BCUT2D eigenvalue weighted by Gasteiger charge is -2.18. The zero-order chi connectivity index (χ0) is 48.6. The van der Waals surface area contributed by atoms with Gasteiger partial charge in [-0.2, -0.15) is 0 Å². The molecule has 0 aromatic rings. The summed E-state index contributed by atoms with van der Waals surface area (Å²) in [6, 6.07) is 0. The first-order valence-corrected chi connectivity index (χ1v) is 27.0. The van der Waals surface area contributed by atoms with Crippen molar-refractivity contribution in [2.24, 2.45) is 0 Å². The summed E-state index contributed by atoms with van der Waals surface area (Å²) in [4.78, 5) is 37.9. The van der Waals surface area contributed by atoms with Gasteiger partial charge in [0.2, 0.25) is 0 Å². The van der Waals surface area contributed by atoms with Crippen LogP contribution in [0.4, 0.5) is 0 Å². The Morgan fingerprint density at radius 1 is 0.313 bits per heavy atom. The van der Waals surface area contributed by atoms with Crippen molar-refractivity contribution < 1.29 is 28.6 Å². The van der Waals surface area contributed by atoms with E-state index in [9.17, 15) is 14.4 Å². The summed E-state index contributed by atoms with van der Waals surface area (Å²) in [6.45, 7) is 6.37. The molecule has 6 nitrogen and oxygen atoms in total. The summed E-state index contributed by atoms with van der Waals surface area (Å²) < 4.78 is 16.7. The van der Waals surface area contributed by atoms with Gasteiger partial charge in [-0.15, -0.1) is 0 Å². The van der Waals surface area contributed by atoms with Gasteiger partial charge in [-0.3, -0.25) is 14.4 Å². The van der Waals surface area contributed by atoms with Gasteiger partial charge in [-0.25, -0.2) is 0 Å². The molecule has 0 aliphatic rings. The minimum Gasteiger partial charge on any atom is -0.462 e. The van der Waals surface area contributed by atoms with Crippen molar-refractivity contribution in [1.82, 2.24) is 0 Å². The highest BCUT2D eigenvalue weighted by atomic mass is 16.6. The first-order chi connectivity index (χ1) is 33.0. The molecular formula is C61H98O6. The van der Waals surface area contributed by atoms with Crippen LogP contribution in [0, 0.1) is 0 Å². The van der Waals surface area contributed by atoms with E-state index in [1.54, 1.807) is 0 Å². The molecule has 0 rings (SSSR count). The zero-order valence-electron chi connectivity index (χ0n) is 43.1. The number of allylic oxidation sites excluding steroid dienone is 20. The molecule has 6 heteroatoms. The summed E-state index contributed by atoms with van der Waals surface area (Å²) >= 11 is 0. The summed E-state index contributed by atoms with van der Waals surface area (Å²) in [5.41, 5.74) is 0. The molecule has 378 valence electrons. The van der Waals surface area contributed by atoms with Crippen molar-refractivity contribution in [3.63, 3.8) is 0 Å². The predicted molar refractivity (Wildman–Crippen MR) is 288 cm³/mol. The maximum absolute atomic E-state index is 12.8. The second-order valence-electron chi connectivity index (χ2n) is 17.4. The van der Waals surface area contributed by atoms with Crippen LogP contribution >= 0.6 is 0 Å². The molecule has 0 aliphatic carbocycles. The predicted octanol–water partition coefficient (Wildman–Crippen LogP) is 18.1. The average molecular weight is 927 g/mol. The van der Waals surface area contributed by atoms with Crippen molar-refractivity contribution in [3.05, 3.63) is 122 Å². The number of unbranched alkanes of at least 4 members (excludes halogenated alkanes) is 16. The number of esters is 3. The van der Waals surface area contributed by atoms with Gasteiger partial charge in [0.05, 0.1) is 0 Å². The highest BCUT2D eigenvalue weighted by molar-refractivity contribution is 5.71. The molecule has 0 fully saturated rings. The van der Waals surface area contributed by atoms with Crippen LogP contribution < -0.4 is 0 Å². The Bertz CT molecular complexity index is 1440. The van der Waals surface area contributed by atoms with Crippen LogP contribution in [-0.2, 0) is 28.6 Å². The molecule has 0 radical (unpaired) electrons. The Hall–Kier alpha value is -4.19. The van der Waals surface area contributed by atoms with Gasteiger partial charge in [0.25, 0.3) is 0 Å². The highest BCUT2D eigenvalue weighted by Gasteiger charge is 2.19. The molecule has 0 N–H and O–H groups in total. The fraction of sp³-hybridized carbons (Fsp3) is 0.623. The molecule has 0 amide bonds. The van der Waals surface area contributed by atoms with Crippen LogP contribution in [0.1, 0.15) is 226 Å². The standard InChI is InChI=1S/C61H98O6/c1-4-7-10-13-16-19-22-24-25-26-27-28-29-30-31-32-33-34-35-36-37-38-40-42-45-48-51-54-60(63)66-57-58(56-65-59(62)53-50-47-44-41-21-18-15-12-9-6-3)67-61(64)55-52-49-46-43-39-23-20-17-14-11-8-5-2/h7,10,12,15-17,19-20,24-25,27-28,30-31,33-34,36-37,40,42,58H,4-6,8-9,11,13-14,18,21-23,26,29,32,35,38-39,41,43-57H2,1-3H3/b10-7-,15-12-,19-16-,20-17-,25-24-,28-27-,31-30-,34-33-,37-36-,42-40-. The molecule has 0 saturated carbocycles. The second-order valence-corrected chi connectivity index (χ2v) is 17.4. The quantitative estimate of drug-likeness (QED) is 0.0262. The van der Waals surface area contributed by atoms with Crippen molar-refractivity contribution >= 4 is 17.9 Å². The topological polar surface area (TPSA) is 78.9 Å². The fourth-order valence-electron chi connectivity index (χ4n) is 6.86. The number of ether oxygens (including phenoxy) is 3. The first-order valence-electron chi connectivity index (χ1n) is 27.0. The van der Waals surface area contributed by atoms with E-state index in [2.05, 4.69) is 142 Å². The Balaban J connectivity index is 4.37. The maximum atomic E-state index is 12.8. The molecule has 0 heterocycles. The summed E-state index contributed by atoms with van der Waals surface area (Å²) in [5.74, 6) is -0.976. The maximum Gasteiger partial charge on any atom is 0.306 e. The largest absolute Gasteiger partial charge is 0.462 e. The molecular weight excluding hydrogens is 829 g/mol. The summed E-state index contributed by atoms with van der Waals surface area (Å²) in [5, 5.41) is 0. The van der Waals surface area contributed by atoms with Crippen LogP contribution in [0.15, 0.2) is 122 Å². The second kappa shape index (κ2) is 54.4. The van der Waals surface area contributed by atoms with Gasteiger partial charge in [0.1, 0.15) is 13.2 Å². The number of hydrogen-bond donors (Lipinski definition) is 0. The van der Waals surface area contributed by atoms with E-state index in [1.807, 2.05) is 0 Å². The SMILES string of the molecule is CC/C=C\C/C=C\C/C=C\C/C=C\C/C=C\C/C=C\C/C=C\C/C=C\CCCCC(=O)OCC(COC(=O)CCCCCCC/C=C\CCC)OC(=O)CCCCCCC/C=C\CCCCC. The van der Waals surface area contributed by atoms with Crippen LogP contribution in [0.5, 0.6) is 0 Å². The van der Waals surface area contributed by atoms with Gasteiger partial charge in [0, 0.05) is 19.3 Å². The van der Waals surface area contributed by atoms with Gasteiger partial charge >= 0.3 is 17.9 Å². The smallest absolute Gasteiger partial charge is 0.306 e. The molecule has 1 unspecified atom stereocenters. The van der Waals surface area contributed by atoms with Crippen molar-refractivity contribution in [2.45, 2.75) is 232 Å². The lowest BCUT2D eigenvalue weighted by molar-refractivity contribution is -0.167. The van der Waals surface area contributed by atoms with E-state index < -0.39 is 6.10 Å². The number of carbonyl (C=O) groups is 3. The normalized spacial score (nSPS) is 13.1. The number of rotatable bonds is 47. The Morgan fingerprint density at radius 2 is 0.612 bits per heavy atom. The third kappa shape index (κ3) is 52.6. The van der Waals surface area contributed by atoms with E-state index >= 15 is 0 Å². The van der Waals surface area contributed by atoms with Crippen molar-refractivity contribution in [2.75, 3.05) is 13.2 Å². The molecule has 1 atom stereocenters. The third-order valence-electron chi connectivity index (χ3n) is 10.9. The van der Waals surface area contributed by atoms with Crippen LogP contribution in [-0.4, -0.2) is 37.2 Å². The zero-order valence-corrected chi connectivity index (χ0v) is 43.1. The van der Waals surface area contributed by atoms with Crippen LogP contribution in [0.2, 0.25) is 0 Å². The minimum absolute atomic E-state index is 0.103. The number of carbonyl (C=O) groups excluding carboxylic acids is 3. The average Bonchev–Trinajstić information content (AvgIpc) is 3.33. The molecule has 0 aromatic heterocycles. The van der Waals surface area contributed by atoms with Gasteiger partial charge in [0.15, 0.2) is 6.10 Å². The Kier molecular flexibility index (Phi) is 51.0. The fourth-order valence-corrected chi connectivity index (χ4v) is 6.86. The van der Waals surface area contributed by atoms with Gasteiger partial charge in [-0.05, 0) is 128 Å². The Labute approximate surface area is 412 Å². The highest BCUT2D eigenvalue weighted by Crippen LogP contribution is 2.13.